The Morgan fingerprint density at radius 3 is 2.25 bits per heavy atom. The minimum absolute atomic E-state index is 0.194. The summed E-state index contributed by atoms with van der Waals surface area (Å²) >= 11 is 3.90. The molecule has 0 aliphatic heterocycles. The van der Waals surface area contributed by atoms with E-state index in [4.69, 9.17) is 19.3 Å². The molecular formula is C12H20I2O6. The highest BCUT2D eigenvalue weighted by atomic mass is 127. The lowest BCUT2D eigenvalue weighted by Crippen LogP contribution is -2.36. The predicted molar refractivity (Wildman–Crippen MR) is 90.8 cm³/mol. The summed E-state index contributed by atoms with van der Waals surface area (Å²) in [5, 5.41) is 8.90. The fourth-order valence-electron chi connectivity index (χ4n) is 1.42. The first-order chi connectivity index (χ1) is 9.37. The van der Waals surface area contributed by atoms with Gasteiger partial charge in [-0.3, -0.25) is 9.59 Å². The smallest absolute Gasteiger partial charge is 0.322 e. The van der Waals surface area contributed by atoms with E-state index in [-0.39, 0.29) is 12.6 Å². The molecule has 2 atom stereocenters. The number of carbonyl (C=O) groups is 2. The molecule has 0 radical (unpaired) electrons. The summed E-state index contributed by atoms with van der Waals surface area (Å²) in [4.78, 5) is 23.0. The fourth-order valence-corrected chi connectivity index (χ4v) is 2.42. The van der Waals surface area contributed by atoms with Gasteiger partial charge in [0.15, 0.2) is 0 Å². The summed E-state index contributed by atoms with van der Waals surface area (Å²) in [6.45, 7) is 0.952. The van der Waals surface area contributed by atoms with Crippen LogP contribution in [0.15, 0.2) is 0 Å². The number of carboxylic acids is 1. The monoisotopic (exact) mass is 514 g/mol. The molecule has 0 bridgehead atoms. The van der Waals surface area contributed by atoms with Gasteiger partial charge in [0.2, 0.25) is 0 Å². The van der Waals surface area contributed by atoms with E-state index in [0.717, 1.165) is 0 Å². The molecule has 0 spiro atoms. The van der Waals surface area contributed by atoms with Crippen molar-refractivity contribution in [3.63, 3.8) is 0 Å². The van der Waals surface area contributed by atoms with Gasteiger partial charge in [0.1, 0.15) is 14.0 Å². The zero-order valence-electron chi connectivity index (χ0n) is 11.6. The number of hydrogen-bond acceptors (Lipinski definition) is 5. The predicted octanol–water partition coefficient (Wildman–Crippen LogP) is 2.05. The molecular weight excluding hydrogens is 494 g/mol. The summed E-state index contributed by atoms with van der Waals surface area (Å²) in [7, 11) is 3.09. The van der Waals surface area contributed by atoms with E-state index in [1.54, 1.807) is 7.11 Å². The zero-order valence-corrected chi connectivity index (χ0v) is 15.9. The summed E-state index contributed by atoms with van der Waals surface area (Å²) in [6.07, 6.45) is 1.32. The number of esters is 1. The van der Waals surface area contributed by atoms with E-state index in [1.807, 2.05) is 45.2 Å². The van der Waals surface area contributed by atoms with Gasteiger partial charge in [0.05, 0.1) is 6.61 Å². The molecule has 2 unspecified atom stereocenters. The van der Waals surface area contributed by atoms with Crippen molar-refractivity contribution in [2.75, 3.05) is 34.0 Å². The molecule has 20 heavy (non-hydrogen) atoms. The van der Waals surface area contributed by atoms with Gasteiger partial charge in [0.25, 0.3) is 0 Å². The van der Waals surface area contributed by atoms with E-state index in [2.05, 4.69) is 0 Å². The molecule has 8 heteroatoms. The van der Waals surface area contributed by atoms with E-state index in [9.17, 15) is 9.59 Å². The van der Waals surface area contributed by atoms with Gasteiger partial charge in [-0.2, -0.15) is 0 Å². The highest BCUT2D eigenvalue weighted by Gasteiger charge is 2.37. The second-order valence-electron chi connectivity index (χ2n) is 4.18. The summed E-state index contributed by atoms with van der Waals surface area (Å²) < 4.78 is 13.7. The third kappa shape index (κ3) is 7.93. The van der Waals surface area contributed by atoms with Crippen LogP contribution in [0.4, 0.5) is 0 Å². The van der Waals surface area contributed by atoms with E-state index < -0.39 is 13.3 Å². The first-order valence-electron chi connectivity index (χ1n) is 6.08. The van der Waals surface area contributed by atoms with Crippen LogP contribution in [0.5, 0.6) is 0 Å². The molecule has 1 N–H and O–H groups in total. The molecule has 0 saturated carbocycles. The molecule has 0 aromatic heterocycles. The number of methoxy groups -OCH3 is 2. The maximum atomic E-state index is 12.1. The lowest BCUT2D eigenvalue weighted by Gasteiger charge is -2.25. The maximum absolute atomic E-state index is 12.1. The number of aliphatic carboxylic acids is 1. The normalized spacial score (nSPS) is 15.4. The Morgan fingerprint density at radius 2 is 1.75 bits per heavy atom. The number of alkyl halides is 2. The Hall–Kier alpha value is 0.320. The van der Waals surface area contributed by atoms with Crippen LogP contribution in [0.1, 0.15) is 19.3 Å². The van der Waals surface area contributed by atoms with Crippen LogP contribution in [0.2, 0.25) is 0 Å². The van der Waals surface area contributed by atoms with Gasteiger partial charge >= 0.3 is 11.9 Å². The van der Waals surface area contributed by atoms with Crippen LogP contribution in [0, 0.1) is 0 Å². The molecule has 0 aromatic rings. The highest BCUT2D eigenvalue weighted by molar-refractivity contribution is 14.1. The molecule has 6 nitrogen and oxygen atoms in total. The van der Waals surface area contributed by atoms with Crippen LogP contribution < -0.4 is 0 Å². The van der Waals surface area contributed by atoms with Gasteiger partial charge in [-0.1, -0.05) is 45.2 Å². The van der Waals surface area contributed by atoms with Gasteiger partial charge < -0.3 is 19.3 Å². The lowest BCUT2D eigenvalue weighted by atomic mass is 9.98. The lowest BCUT2D eigenvalue weighted by molar-refractivity contribution is -0.148. The Balaban J connectivity index is 4.55. The third-order valence-electron chi connectivity index (χ3n) is 2.65. The van der Waals surface area contributed by atoms with Gasteiger partial charge in [-0.05, 0) is 19.3 Å². The molecule has 0 aliphatic carbocycles. The first-order valence-corrected chi connectivity index (χ1v) is 8.40. The van der Waals surface area contributed by atoms with Crippen molar-refractivity contribution < 1.29 is 28.9 Å². The first kappa shape index (κ1) is 20.3. The molecule has 0 saturated heterocycles. The van der Waals surface area contributed by atoms with Crippen LogP contribution in [-0.4, -0.2) is 58.4 Å². The van der Waals surface area contributed by atoms with Gasteiger partial charge in [0, 0.05) is 20.8 Å². The Bertz CT molecular complexity index is 312. The third-order valence-corrected chi connectivity index (χ3v) is 5.33. The number of halogens is 2. The van der Waals surface area contributed by atoms with Crippen molar-refractivity contribution in [3.05, 3.63) is 0 Å². The van der Waals surface area contributed by atoms with Crippen molar-refractivity contribution in [3.8, 4) is 0 Å². The molecule has 0 amide bonds. The van der Waals surface area contributed by atoms with Crippen molar-refractivity contribution in [1.29, 1.82) is 0 Å². The minimum Gasteiger partial charge on any atom is -0.480 e. The van der Waals surface area contributed by atoms with E-state index >= 15 is 0 Å². The second kappa shape index (κ2) is 11.0. The fraction of sp³-hybridized carbons (Fsp3) is 0.833. The van der Waals surface area contributed by atoms with Gasteiger partial charge in [-0.25, -0.2) is 0 Å². The highest BCUT2D eigenvalue weighted by Crippen LogP contribution is 2.32. The molecule has 0 heterocycles. The Morgan fingerprint density at radius 1 is 1.15 bits per heavy atom. The molecule has 0 aromatic carbocycles. The van der Waals surface area contributed by atoms with E-state index in [0.29, 0.717) is 32.5 Å². The average molecular weight is 514 g/mol. The molecule has 0 fully saturated rings. The SMILES string of the molecule is COCCOC(=O)C(I)(CCOC)CCC(I)C(=O)O. The maximum Gasteiger partial charge on any atom is 0.322 e. The van der Waals surface area contributed by atoms with Crippen molar-refractivity contribution in [2.45, 2.75) is 26.6 Å². The standard InChI is InChI=1S/C12H20I2O6/c1-18-6-5-12(14,4-3-9(13)10(15)16)11(17)20-8-7-19-2/h9H,3-8H2,1-2H3,(H,15,16). The average Bonchev–Trinajstić information content (AvgIpc) is 2.42. The number of rotatable bonds is 11. The topological polar surface area (TPSA) is 82.1 Å². The summed E-state index contributed by atoms with van der Waals surface area (Å²) in [5.41, 5.74) is 0. The summed E-state index contributed by atoms with van der Waals surface area (Å²) in [5.74, 6) is -1.22. The molecule has 0 aliphatic rings. The van der Waals surface area contributed by atoms with Crippen LogP contribution in [-0.2, 0) is 23.8 Å². The minimum atomic E-state index is -0.871. The zero-order chi connectivity index (χ0) is 15.6. The summed E-state index contributed by atoms with van der Waals surface area (Å²) in [6, 6.07) is 0. The largest absolute Gasteiger partial charge is 0.480 e. The van der Waals surface area contributed by atoms with Crippen LogP contribution in [0.3, 0.4) is 0 Å². The Kier molecular flexibility index (Phi) is 11.1. The van der Waals surface area contributed by atoms with Gasteiger partial charge in [-0.15, -0.1) is 0 Å². The quantitative estimate of drug-likeness (QED) is 0.197. The number of carboxylic acid groups (broad SMARTS) is 1. The second-order valence-corrected chi connectivity index (χ2v) is 7.75. The van der Waals surface area contributed by atoms with Crippen LogP contribution >= 0.6 is 45.2 Å². The van der Waals surface area contributed by atoms with Crippen molar-refractivity contribution in [1.82, 2.24) is 0 Å². The van der Waals surface area contributed by atoms with Crippen molar-refractivity contribution in [2.24, 2.45) is 0 Å². The number of carbonyl (C=O) groups excluding carboxylic acids is 1. The molecule has 0 rings (SSSR count). The molecule has 118 valence electrons. The van der Waals surface area contributed by atoms with Crippen LogP contribution in [0.25, 0.3) is 0 Å². The van der Waals surface area contributed by atoms with Crippen molar-refractivity contribution >= 4 is 57.1 Å². The number of ether oxygens (including phenoxy) is 3. The number of hydrogen-bond donors (Lipinski definition) is 1. The Labute approximate surface area is 146 Å². The van der Waals surface area contributed by atoms with E-state index in [1.165, 1.54) is 7.11 Å².